The number of rotatable bonds is 5. The molecule has 0 spiro atoms. The summed E-state index contributed by atoms with van der Waals surface area (Å²) in [5, 5.41) is 0.334. The molecule has 0 fully saturated rings. The van der Waals surface area contributed by atoms with E-state index in [-0.39, 0.29) is 33.9 Å². The number of anilines is 1. The van der Waals surface area contributed by atoms with Crippen molar-refractivity contribution in [3.05, 3.63) is 56.5 Å². The van der Waals surface area contributed by atoms with Gasteiger partial charge in [-0.3, -0.25) is 4.79 Å². The average Bonchev–Trinajstić information content (AvgIpc) is 3.04. The van der Waals surface area contributed by atoms with Crippen molar-refractivity contribution in [1.29, 1.82) is 0 Å². The van der Waals surface area contributed by atoms with Gasteiger partial charge in [-0.1, -0.05) is 46.1 Å². The topological polar surface area (TPSA) is 57.7 Å². The first-order valence-corrected chi connectivity index (χ1v) is 11.3. The molecule has 0 saturated carbocycles. The maximum Gasteiger partial charge on any atom is 0.245 e. The molecular weight excluding hydrogens is 475 g/mol. The van der Waals surface area contributed by atoms with Gasteiger partial charge in [-0.05, 0) is 48.4 Å². The van der Waals surface area contributed by atoms with Crippen LogP contribution in [0.2, 0.25) is 10.0 Å². The number of benzene rings is 2. The molecule has 0 atom stereocenters. The fourth-order valence-electron chi connectivity index (χ4n) is 3.05. The van der Waals surface area contributed by atoms with E-state index in [9.17, 15) is 13.2 Å². The van der Waals surface area contributed by atoms with Gasteiger partial charge < -0.3 is 4.90 Å². The van der Waals surface area contributed by atoms with Crippen molar-refractivity contribution in [3.63, 3.8) is 0 Å². The number of hydrogen-bond donors (Lipinski definition) is 0. The number of fused-ring (bicyclic) bond motifs is 1. The Hall–Kier alpha value is -1.12. The molecule has 1 amide bonds. The summed E-state index contributed by atoms with van der Waals surface area (Å²) < 4.78 is 28.0. The van der Waals surface area contributed by atoms with E-state index in [1.807, 2.05) is 18.2 Å². The van der Waals surface area contributed by atoms with Crippen molar-refractivity contribution in [2.24, 2.45) is 0 Å². The molecular formula is C18H17BrCl2N2O3S. The van der Waals surface area contributed by atoms with E-state index in [0.717, 1.165) is 26.4 Å². The molecule has 9 heteroatoms. The largest absolute Gasteiger partial charge is 0.311 e. The normalized spacial score (nSPS) is 13.9. The van der Waals surface area contributed by atoms with Crippen LogP contribution in [-0.4, -0.2) is 38.3 Å². The second kappa shape index (κ2) is 8.09. The summed E-state index contributed by atoms with van der Waals surface area (Å²) in [6.45, 7) is 2.08. The summed E-state index contributed by atoms with van der Waals surface area (Å²) in [6, 6.07) is 9.95. The van der Waals surface area contributed by atoms with Gasteiger partial charge in [-0.2, -0.15) is 4.31 Å². The molecule has 2 aromatic carbocycles. The first-order valence-electron chi connectivity index (χ1n) is 8.28. The molecule has 0 N–H and O–H groups in total. The van der Waals surface area contributed by atoms with Crippen molar-refractivity contribution >= 4 is 60.7 Å². The second-order valence-corrected chi connectivity index (χ2v) is 9.74. The van der Waals surface area contributed by atoms with Crippen molar-refractivity contribution < 1.29 is 13.2 Å². The van der Waals surface area contributed by atoms with E-state index in [2.05, 4.69) is 15.9 Å². The lowest BCUT2D eigenvalue weighted by Gasteiger charge is -2.24. The second-order valence-electron chi connectivity index (χ2n) is 6.07. The van der Waals surface area contributed by atoms with Gasteiger partial charge in [0, 0.05) is 28.3 Å². The fraction of sp³-hybridized carbons (Fsp3) is 0.278. The maximum absolute atomic E-state index is 13.0. The monoisotopic (exact) mass is 490 g/mol. The van der Waals surface area contributed by atoms with Crippen LogP contribution < -0.4 is 4.90 Å². The van der Waals surface area contributed by atoms with Gasteiger partial charge in [-0.25, -0.2) is 8.42 Å². The van der Waals surface area contributed by atoms with Gasteiger partial charge in [0.15, 0.2) is 0 Å². The summed E-state index contributed by atoms with van der Waals surface area (Å²) in [7, 11) is -3.95. The van der Waals surface area contributed by atoms with Gasteiger partial charge >= 0.3 is 0 Å². The Morgan fingerprint density at radius 3 is 2.67 bits per heavy atom. The third-order valence-corrected chi connectivity index (χ3v) is 7.54. The van der Waals surface area contributed by atoms with Crippen LogP contribution in [0, 0.1) is 0 Å². The zero-order valence-electron chi connectivity index (χ0n) is 14.5. The predicted octanol–water partition coefficient (Wildman–Crippen LogP) is 4.36. The minimum atomic E-state index is -3.95. The highest BCUT2D eigenvalue weighted by Gasteiger charge is 2.31. The van der Waals surface area contributed by atoms with Crippen LogP contribution in [0.5, 0.6) is 0 Å². The Bertz CT molecular complexity index is 998. The molecule has 144 valence electrons. The van der Waals surface area contributed by atoms with Crippen molar-refractivity contribution in [1.82, 2.24) is 4.31 Å². The summed E-state index contributed by atoms with van der Waals surface area (Å²) >= 11 is 15.4. The van der Waals surface area contributed by atoms with Gasteiger partial charge in [0.05, 0.1) is 11.6 Å². The van der Waals surface area contributed by atoms with Gasteiger partial charge in [0.25, 0.3) is 0 Å². The molecule has 5 nitrogen and oxygen atoms in total. The predicted molar refractivity (Wildman–Crippen MR) is 111 cm³/mol. The van der Waals surface area contributed by atoms with E-state index < -0.39 is 10.0 Å². The molecule has 0 aromatic heterocycles. The van der Waals surface area contributed by atoms with Crippen molar-refractivity contribution in [3.8, 4) is 0 Å². The molecule has 27 heavy (non-hydrogen) atoms. The smallest absolute Gasteiger partial charge is 0.245 e. The van der Waals surface area contributed by atoms with Crippen molar-refractivity contribution in [2.75, 3.05) is 24.5 Å². The number of amides is 1. The van der Waals surface area contributed by atoms with Crippen LogP contribution in [0.15, 0.2) is 45.8 Å². The lowest BCUT2D eigenvalue weighted by Crippen LogP contribution is -2.42. The number of carbonyl (C=O) groups excluding carboxylic acids is 1. The number of halogens is 3. The fourth-order valence-corrected chi connectivity index (χ4v) is 5.59. The van der Waals surface area contributed by atoms with Crippen LogP contribution in [0.4, 0.5) is 5.69 Å². The molecule has 3 rings (SSSR count). The van der Waals surface area contributed by atoms with Crippen LogP contribution in [-0.2, 0) is 21.2 Å². The minimum absolute atomic E-state index is 0.0710. The van der Waals surface area contributed by atoms with Crippen LogP contribution in [0.3, 0.4) is 0 Å². The maximum atomic E-state index is 13.0. The zero-order chi connectivity index (χ0) is 19.8. The van der Waals surface area contributed by atoms with Crippen LogP contribution in [0.1, 0.15) is 12.5 Å². The molecule has 1 aliphatic heterocycles. The van der Waals surface area contributed by atoms with Gasteiger partial charge in [0.2, 0.25) is 15.9 Å². The quantitative estimate of drug-likeness (QED) is 0.624. The Labute approximate surface area is 177 Å². The molecule has 1 heterocycles. The molecule has 0 saturated heterocycles. The Balaban J connectivity index is 1.85. The number of sulfonamides is 1. The lowest BCUT2D eigenvalue weighted by atomic mass is 10.2. The standard InChI is InChI=1S/C18H17BrCl2N2O3S/c1-2-22(27(25,26)17-10-14(20)4-5-15(17)21)11-18(24)23-8-7-12-9-13(19)3-6-16(12)23/h3-6,9-10H,2,7-8,11H2,1H3. The van der Waals surface area contributed by atoms with Gasteiger partial charge in [-0.15, -0.1) is 0 Å². The number of nitrogens with zero attached hydrogens (tertiary/aromatic N) is 2. The Morgan fingerprint density at radius 1 is 1.22 bits per heavy atom. The first kappa shape index (κ1) is 20.6. The molecule has 0 radical (unpaired) electrons. The molecule has 0 bridgehead atoms. The lowest BCUT2D eigenvalue weighted by molar-refractivity contribution is -0.118. The number of hydrogen-bond acceptors (Lipinski definition) is 3. The third-order valence-electron chi connectivity index (χ3n) is 4.41. The molecule has 2 aromatic rings. The van der Waals surface area contributed by atoms with Crippen LogP contribution in [0.25, 0.3) is 0 Å². The highest BCUT2D eigenvalue weighted by atomic mass is 79.9. The summed E-state index contributed by atoms with van der Waals surface area (Å²) in [4.78, 5) is 14.4. The number of carbonyl (C=O) groups is 1. The third kappa shape index (κ3) is 4.17. The first-order chi connectivity index (χ1) is 12.7. The summed E-state index contributed by atoms with van der Waals surface area (Å²) in [6.07, 6.45) is 0.736. The Morgan fingerprint density at radius 2 is 1.96 bits per heavy atom. The van der Waals surface area contributed by atoms with E-state index in [1.165, 1.54) is 18.2 Å². The molecule has 0 aliphatic carbocycles. The van der Waals surface area contributed by atoms with E-state index in [1.54, 1.807) is 11.8 Å². The highest BCUT2D eigenvalue weighted by molar-refractivity contribution is 9.10. The zero-order valence-corrected chi connectivity index (χ0v) is 18.4. The van der Waals surface area contributed by atoms with Crippen molar-refractivity contribution in [2.45, 2.75) is 18.2 Å². The summed E-state index contributed by atoms with van der Waals surface area (Å²) in [5.74, 6) is -0.278. The van der Waals surface area contributed by atoms with E-state index >= 15 is 0 Å². The van der Waals surface area contributed by atoms with E-state index in [4.69, 9.17) is 23.2 Å². The summed E-state index contributed by atoms with van der Waals surface area (Å²) in [5.41, 5.74) is 1.87. The average molecular weight is 492 g/mol. The van der Waals surface area contributed by atoms with E-state index in [0.29, 0.717) is 6.54 Å². The molecule has 0 unspecified atom stereocenters. The number of likely N-dealkylation sites (N-methyl/N-ethyl adjacent to an activating group) is 1. The van der Waals surface area contributed by atoms with Gasteiger partial charge in [0.1, 0.15) is 4.90 Å². The van der Waals surface area contributed by atoms with Crippen LogP contribution >= 0.6 is 39.1 Å². The Kier molecular flexibility index (Phi) is 6.17. The minimum Gasteiger partial charge on any atom is -0.311 e. The SMILES string of the molecule is CCN(CC(=O)N1CCc2cc(Br)ccc21)S(=O)(=O)c1cc(Cl)ccc1Cl. The molecule has 1 aliphatic rings. The highest BCUT2D eigenvalue weighted by Crippen LogP contribution is 2.31.